The van der Waals surface area contributed by atoms with Crippen LogP contribution >= 0.6 is 11.6 Å². The Kier molecular flexibility index (Phi) is 6.74. The first-order chi connectivity index (χ1) is 15.4. The molecule has 1 amide bonds. The van der Waals surface area contributed by atoms with Crippen LogP contribution in [0.4, 0.5) is 11.4 Å². The highest BCUT2D eigenvalue weighted by Gasteiger charge is 2.24. The summed E-state index contributed by atoms with van der Waals surface area (Å²) in [7, 11) is 4.26. The summed E-state index contributed by atoms with van der Waals surface area (Å²) >= 11 is 6.57. The Hall–Kier alpha value is -2.93. The lowest BCUT2D eigenvalue weighted by Crippen LogP contribution is -2.31. The molecule has 0 unspecified atom stereocenters. The van der Waals surface area contributed by atoms with Gasteiger partial charge in [-0.1, -0.05) is 35.9 Å². The van der Waals surface area contributed by atoms with Gasteiger partial charge in [0.1, 0.15) is 0 Å². The molecule has 1 fully saturated rings. The predicted octanol–water partition coefficient (Wildman–Crippen LogP) is 4.37. The molecule has 7 heteroatoms. The number of carbonyl (C=O) groups excluding carboxylic acids is 1. The van der Waals surface area contributed by atoms with Crippen LogP contribution in [0.15, 0.2) is 60.8 Å². The smallest absolute Gasteiger partial charge is 0.255 e. The molecule has 0 saturated carbocycles. The fourth-order valence-electron chi connectivity index (χ4n) is 4.00. The van der Waals surface area contributed by atoms with Gasteiger partial charge in [-0.3, -0.25) is 14.7 Å². The number of amides is 1. The molecule has 32 heavy (non-hydrogen) atoms. The molecule has 166 valence electrons. The van der Waals surface area contributed by atoms with E-state index in [9.17, 15) is 4.79 Å². The Morgan fingerprint density at radius 1 is 1.22 bits per heavy atom. The number of aromatic nitrogens is 1. The van der Waals surface area contributed by atoms with Crippen LogP contribution in [-0.2, 0) is 6.54 Å². The SMILES string of the molecule is CN(C)[C@@H]1CCN(Cc2cnc(-c3ccc(C(=O)Nc4ccccc4N)cc3)c(Cl)c2)C1. The molecule has 2 aromatic carbocycles. The zero-order valence-electron chi connectivity index (χ0n) is 18.4. The number of nitrogens with one attached hydrogen (secondary N) is 1. The van der Waals surface area contributed by atoms with Crippen LogP contribution in [0.3, 0.4) is 0 Å². The Balaban J connectivity index is 1.42. The normalized spacial score (nSPS) is 16.4. The van der Waals surface area contributed by atoms with Crippen molar-refractivity contribution in [1.82, 2.24) is 14.8 Å². The Morgan fingerprint density at radius 2 is 1.97 bits per heavy atom. The molecule has 4 rings (SSSR count). The monoisotopic (exact) mass is 449 g/mol. The van der Waals surface area contributed by atoms with E-state index in [1.807, 2.05) is 36.5 Å². The number of nitrogen functional groups attached to an aromatic ring is 1. The van der Waals surface area contributed by atoms with Crippen LogP contribution in [0.25, 0.3) is 11.3 Å². The zero-order valence-corrected chi connectivity index (χ0v) is 19.1. The van der Waals surface area contributed by atoms with E-state index in [-0.39, 0.29) is 5.91 Å². The van der Waals surface area contributed by atoms with Crippen molar-refractivity contribution in [3.8, 4) is 11.3 Å². The lowest BCUT2D eigenvalue weighted by Gasteiger charge is -2.20. The van der Waals surface area contributed by atoms with Gasteiger partial charge in [0.05, 0.1) is 22.1 Å². The van der Waals surface area contributed by atoms with E-state index in [2.05, 4.69) is 34.2 Å². The van der Waals surface area contributed by atoms with Gasteiger partial charge in [0.2, 0.25) is 0 Å². The van der Waals surface area contributed by atoms with E-state index in [0.717, 1.165) is 30.8 Å². The lowest BCUT2D eigenvalue weighted by atomic mass is 10.1. The van der Waals surface area contributed by atoms with Crippen LogP contribution in [0.2, 0.25) is 5.02 Å². The highest BCUT2D eigenvalue weighted by atomic mass is 35.5. The first kappa shape index (κ1) is 22.3. The molecule has 0 spiro atoms. The zero-order chi connectivity index (χ0) is 22.7. The summed E-state index contributed by atoms with van der Waals surface area (Å²) in [5.74, 6) is -0.217. The summed E-state index contributed by atoms with van der Waals surface area (Å²) in [6.07, 6.45) is 3.08. The molecule has 2 heterocycles. The third kappa shape index (κ3) is 5.10. The summed E-state index contributed by atoms with van der Waals surface area (Å²) in [5.41, 5.74) is 10.2. The van der Waals surface area contributed by atoms with Gasteiger partial charge < -0.3 is 16.0 Å². The van der Waals surface area contributed by atoms with Gasteiger partial charge in [0.15, 0.2) is 0 Å². The standard InChI is InChI=1S/C25H28ClN5O/c1-30(2)20-11-12-31(16-20)15-17-13-21(26)24(28-14-17)18-7-9-19(10-8-18)25(32)29-23-6-4-3-5-22(23)27/h3-10,13-14,20H,11-12,15-16,27H2,1-2H3,(H,29,32)/t20-/m1/s1. The number of carbonyl (C=O) groups is 1. The number of rotatable bonds is 6. The van der Waals surface area contributed by atoms with E-state index in [0.29, 0.717) is 33.7 Å². The number of nitrogens with two attached hydrogens (primary N) is 1. The number of anilines is 2. The minimum atomic E-state index is -0.217. The minimum Gasteiger partial charge on any atom is -0.397 e. The van der Waals surface area contributed by atoms with Crippen molar-refractivity contribution in [1.29, 1.82) is 0 Å². The molecular weight excluding hydrogens is 422 g/mol. The second-order valence-corrected chi connectivity index (χ2v) is 8.84. The van der Waals surface area contributed by atoms with Crippen molar-refractivity contribution in [2.75, 3.05) is 38.2 Å². The molecule has 3 aromatic rings. The maximum Gasteiger partial charge on any atom is 0.255 e. The van der Waals surface area contributed by atoms with Crippen molar-refractivity contribution in [2.24, 2.45) is 0 Å². The van der Waals surface area contributed by atoms with Crippen LogP contribution in [-0.4, -0.2) is 53.9 Å². The fourth-order valence-corrected chi connectivity index (χ4v) is 4.29. The summed E-state index contributed by atoms with van der Waals surface area (Å²) in [5, 5.41) is 3.45. The first-order valence-electron chi connectivity index (χ1n) is 10.7. The second kappa shape index (κ2) is 9.69. The fraction of sp³-hybridized carbons (Fsp3) is 0.280. The van der Waals surface area contributed by atoms with E-state index in [1.165, 1.54) is 6.42 Å². The van der Waals surface area contributed by atoms with Gasteiger partial charge in [0.25, 0.3) is 5.91 Å². The molecule has 0 radical (unpaired) electrons. The van der Waals surface area contributed by atoms with Crippen molar-refractivity contribution in [3.05, 3.63) is 76.9 Å². The molecule has 1 saturated heterocycles. The molecule has 1 aliphatic rings. The van der Waals surface area contributed by atoms with E-state index in [1.54, 1.807) is 24.3 Å². The van der Waals surface area contributed by atoms with Gasteiger partial charge in [-0.2, -0.15) is 0 Å². The Bertz CT molecular complexity index is 1100. The predicted molar refractivity (Wildman–Crippen MR) is 131 cm³/mol. The van der Waals surface area contributed by atoms with Crippen molar-refractivity contribution in [2.45, 2.75) is 19.0 Å². The van der Waals surface area contributed by atoms with Crippen molar-refractivity contribution < 1.29 is 4.79 Å². The van der Waals surface area contributed by atoms with Gasteiger partial charge in [0, 0.05) is 43.0 Å². The quantitative estimate of drug-likeness (QED) is 0.546. The Morgan fingerprint density at radius 3 is 2.62 bits per heavy atom. The number of hydrogen-bond acceptors (Lipinski definition) is 5. The summed E-state index contributed by atoms with van der Waals surface area (Å²) in [6.45, 7) is 2.99. The van der Waals surface area contributed by atoms with Crippen LogP contribution in [0, 0.1) is 0 Å². The maximum absolute atomic E-state index is 12.5. The highest BCUT2D eigenvalue weighted by Crippen LogP contribution is 2.28. The topological polar surface area (TPSA) is 74.5 Å². The average Bonchev–Trinajstić information content (AvgIpc) is 3.24. The van der Waals surface area contributed by atoms with Gasteiger partial charge in [-0.05, 0) is 56.4 Å². The number of hydrogen-bond donors (Lipinski definition) is 2. The average molecular weight is 450 g/mol. The van der Waals surface area contributed by atoms with Crippen LogP contribution in [0.1, 0.15) is 22.3 Å². The number of halogens is 1. The number of para-hydroxylation sites is 2. The Labute approximate surface area is 194 Å². The van der Waals surface area contributed by atoms with E-state index >= 15 is 0 Å². The summed E-state index contributed by atoms with van der Waals surface area (Å²) < 4.78 is 0. The first-order valence-corrected chi connectivity index (χ1v) is 11.1. The number of likely N-dealkylation sites (tertiary alicyclic amines) is 1. The summed E-state index contributed by atoms with van der Waals surface area (Å²) in [4.78, 5) is 21.9. The minimum absolute atomic E-state index is 0.217. The van der Waals surface area contributed by atoms with Gasteiger partial charge in [-0.25, -0.2) is 0 Å². The molecule has 0 aliphatic carbocycles. The van der Waals surface area contributed by atoms with Crippen LogP contribution < -0.4 is 11.1 Å². The molecule has 1 aliphatic heterocycles. The number of nitrogens with zero attached hydrogens (tertiary/aromatic N) is 3. The van der Waals surface area contributed by atoms with Gasteiger partial charge in [-0.15, -0.1) is 0 Å². The second-order valence-electron chi connectivity index (χ2n) is 8.43. The maximum atomic E-state index is 12.5. The molecule has 0 bridgehead atoms. The number of likely N-dealkylation sites (N-methyl/N-ethyl adjacent to an activating group) is 1. The number of benzene rings is 2. The van der Waals surface area contributed by atoms with E-state index < -0.39 is 0 Å². The number of pyridine rings is 1. The van der Waals surface area contributed by atoms with Gasteiger partial charge >= 0.3 is 0 Å². The van der Waals surface area contributed by atoms with E-state index in [4.69, 9.17) is 17.3 Å². The lowest BCUT2D eigenvalue weighted by molar-refractivity contribution is 0.102. The molecule has 1 atom stereocenters. The van der Waals surface area contributed by atoms with Crippen LogP contribution in [0.5, 0.6) is 0 Å². The molecule has 3 N–H and O–H groups in total. The molecular formula is C25H28ClN5O. The highest BCUT2D eigenvalue weighted by molar-refractivity contribution is 6.33. The third-order valence-electron chi connectivity index (χ3n) is 5.91. The molecule has 6 nitrogen and oxygen atoms in total. The third-order valence-corrected chi connectivity index (χ3v) is 6.20. The van der Waals surface area contributed by atoms with Crippen molar-refractivity contribution >= 4 is 28.9 Å². The largest absolute Gasteiger partial charge is 0.397 e. The summed E-state index contributed by atoms with van der Waals surface area (Å²) in [6, 6.07) is 17.0. The van der Waals surface area contributed by atoms with Crippen molar-refractivity contribution in [3.63, 3.8) is 0 Å². The molecule has 1 aromatic heterocycles.